The van der Waals surface area contributed by atoms with E-state index in [1.54, 1.807) is 0 Å². The Hall–Kier alpha value is -1.15. The summed E-state index contributed by atoms with van der Waals surface area (Å²) in [5.41, 5.74) is 3.59. The van der Waals surface area contributed by atoms with Gasteiger partial charge in [0.1, 0.15) is 0 Å². The molecule has 112 valence electrons. The van der Waals surface area contributed by atoms with E-state index in [1.807, 2.05) is 18.7 Å². The molecule has 0 radical (unpaired) electrons. The number of halogens is 1. The second-order valence-corrected chi connectivity index (χ2v) is 6.73. The van der Waals surface area contributed by atoms with Crippen molar-refractivity contribution in [3.05, 3.63) is 39.2 Å². The van der Waals surface area contributed by atoms with Gasteiger partial charge in [0.2, 0.25) is 0 Å². The van der Waals surface area contributed by atoms with Crippen molar-refractivity contribution in [3.8, 4) is 0 Å². The molecule has 1 fully saturated rings. The third kappa shape index (κ3) is 3.37. The van der Waals surface area contributed by atoms with Gasteiger partial charge in [0.15, 0.2) is 0 Å². The lowest BCUT2D eigenvalue weighted by molar-refractivity contribution is 0.243. The highest BCUT2D eigenvalue weighted by Crippen LogP contribution is 2.19. The van der Waals surface area contributed by atoms with Crippen LogP contribution < -0.4 is 4.90 Å². The van der Waals surface area contributed by atoms with Gasteiger partial charge in [-0.25, -0.2) is 0 Å². The molecule has 1 aromatic heterocycles. The highest BCUT2D eigenvalue weighted by atomic mass is 127. The van der Waals surface area contributed by atoms with Gasteiger partial charge in [-0.2, -0.15) is 0 Å². The Morgan fingerprint density at radius 1 is 1.10 bits per heavy atom. The summed E-state index contributed by atoms with van der Waals surface area (Å²) in [7, 11) is 1.97. The van der Waals surface area contributed by atoms with Crippen LogP contribution in [0, 0.1) is 10.5 Å². The first kappa shape index (κ1) is 14.8. The molecule has 1 aliphatic heterocycles. The van der Waals surface area contributed by atoms with Crippen LogP contribution in [0.2, 0.25) is 0 Å². The second-order valence-electron chi connectivity index (χ2n) is 5.48. The molecule has 0 spiro atoms. The zero-order chi connectivity index (χ0) is 14.8. The molecule has 0 amide bonds. The standard InChI is InChI=1S/C15H20IN5/c1-12-15(19(2)18-17-12)11-20-7-9-21(10-8-20)14-5-3-13(16)4-6-14/h3-6H,7-11H2,1-2H3. The maximum atomic E-state index is 4.13. The Morgan fingerprint density at radius 3 is 2.33 bits per heavy atom. The SMILES string of the molecule is Cc1nnn(C)c1CN1CCN(c2ccc(I)cc2)CC1. The third-order valence-corrected chi connectivity index (χ3v) is 4.79. The van der Waals surface area contributed by atoms with Gasteiger partial charge in [-0.1, -0.05) is 5.21 Å². The van der Waals surface area contributed by atoms with E-state index >= 15 is 0 Å². The minimum absolute atomic E-state index is 0.940. The molecule has 5 nitrogen and oxygen atoms in total. The summed E-state index contributed by atoms with van der Waals surface area (Å²) in [6.45, 7) is 7.28. The smallest absolute Gasteiger partial charge is 0.0841 e. The number of aromatic nitrogens is 3. The number of rotatable bonds is 3. The minimum atomic E-state index is 0.940. The summed E-state index contributed by atoms with van der Waals surface area (Å²) in [4.78, 5) is 4.94. The van der Waals surface area contributed by atoms with Gasteiger partial charge in [-0.3, -0.25) is 9.58 Å². The zero-order valence-electron chi connectivity index (χ0n) is 12.5. The number of hydrogen-bond acceptors (Lipinski definition) is 4. The molecule has 1 aromatic carbocycles. The van der Waals surface area contributed by atoms with E-state index in [0.29, 0.717) is 0 Å². The molecule has 0 N–H and O–H groups in total. The summed E-state index contributed by atoms with van der Waals surface area (Å²) in [6.07, 6.45) is 0. The van der Waals surface area contributed by atoms with Crippen LogP contribution >= 0.6 is 22.6 Å². The molecule has 1 saturated heterocycles. The van der Waals surface area contributed by atoms with Crippen molar-refractivity contribution >= 4 is 28.3 Å². The highest BCUT2D eigenvalue weighted by molar-refractivity contribution is 14.1. The average molecular weight is 397 g/mol. The molecule has 0 atom stereocenters. The molecule has 1 aliphatic rings. The molecule has 0 aliphatic carbocycles. The molecule has 0 saturated carbocycles. The van der Waals surface area contributed by atoms with Crippen molar-refractivity contribution < 1.29 is 0 Å². The Balaban J connectivity index is 1.59. The maximum Gasteiger partial charge on any atom is 0.0841 e. The van der Waals surface area contributed by atoms with Gasteiger partial charge in [0.25, 0.3) is 0 Å². The van der Waals surface area contributed by atoms with Crippen molar-refractivity contribution in [2.24, 2.45) is 7.05 Å². The monoisotopic (exact) mass is 397 g/mol. The van der Waals surface area contributed by atoms with Crippen molar-refractivity contribution in [1.29, 1.82) is 0 Å². The summed E-state index contributed by atoms with van der Waals surface area (Å²) in [5.74, 6) is 0. The van der Waals surface area contributed by atoms with Crippen LogP contribution in [0.3, 0.4) is 0 Å². The van der Waals surface area contributed by atoms with Gasteiger partial charge in [0.05, 0.1) is 11.4 Å². The van der Waals surface area contributed by atoms with Crippen LogP contribution in [0.5, 0.6) is 0 Å². The Morgan fingerprint density at radius 2 is 1.76 bits per heavy atom. The number of benzene rings is 1. The van der Waals surface area contributed by atoms with Crippen LogP contribution in [-0.2, 0) is 13.6 Å². The molecular formula is C15H20IN5. The Bertz CT molecular complexity index is 580. The number of piperazine rings is 1. The summed E-state index contributed by atoms with van der Waals surface area (Å²) in [5, 5.41) is 8.21. The van der Waals surface area contributed by atoms with Crippen LogP contribution in [0.15, 0.2) is 24.3 Å². The van der Waals surface area contributed by atoms with E-state index < -0.39 is 0 Å². The molecule has 0 bridgehead atoms. The van der Waals surface area contributed by atoms with Crippen LogP contribution in [0.25, 0.3) is 0 Å². The first-order valence-corrected chi connectivity index (χ1v) is 8.29. The van der Waals surface area contributed by atoms with Crippen molar-refractivity contribution in [2.45, 2.75) is 13.5 Å². The fourth-order valence-corrected chi connectivity index (χ4v) is 3.08. The van der Waals surface area contributed by atoms with E-state index in [1.165, 1.54) is 15.0 Å². The molecule has 2 aromatic rings. The van der Waals surface area contributed by atoms with Gasteiger partial charge >= 0.3 is 0 Å². The summed E-state index contributed by atoms with van der Waals surface area (Å²) < 4.78 is 3.18. The average Bonchev–Trinajstić information content (AvgIpc) is 2.81. The highest BCUT2D eigenvalue weighted by Gasteiger charge is 2.19. The zero-order valence-corrected chi connectivity index (χ0v) is 14.6. The van der Waals surface area contributed by atoms with Gasteiger partial charge < -0.3 is 4.90 Å². The van der Waals surface area contributed by atoms with Crippen LogP contribution in [-0.4, -0.2) is 46.1 Å². The fourth-order valence-electron chi connectivity index (χ4n) is 2.72. The fraction of sp³-hybridized carbons (Fsp3) is 0.467. The third-order valence-electron chi connectivity index (χ3n) is 4.07. The number of anilines is 1. The largest absolute Gasteiger partial charge is 0.369 e. The topological polar surface area (TPSA) is 37.2 Å². The molecular weight excluding hydrogens is 377 g/mol. The second kappa shape index (κ2) is 6.31. The minimum Gasteiger partial charge on any atom is -0.369 e. The molecule has 0 unspecified atom stereocenters. The lowest BCUT2D eigenvalue weighted by atomic mass is 10.2. The molecule has 6 heteroatoms. The summed E-state index contributed by atoms with van der Waals surface area (Å²) in [6, 6.07) is 8.78. The maximum absolute atomic E-state index is 4.13. The predicted octanol–water partition coefficient (Wildman–Crippen LogP) is 2.05. The quantitative estimate of drug-likeness (QED) is 0.744. The van der Waals surface area contributed by atoms with E-state index in [0.717, 1.165) is 38.4 Å². The summed E-state index contributed by atoms with van der Waals surface area (Å²) >= 11 is 2.35. The van der Waals surface area contributed by atoms with Gasteiger partial charge in [-0.05, 0) is 53.8 Å². The number of hydrogen-bond donors (Lipinski definition) is 0. The van der Waals surface area contributed by atoms with E-state index in [9.17, 15) is 0 Å². The number of aryl methyl sites for hydroxylation is 2. The molecule has 21 heavy (non-hydrogen) atoms. The van der Waals surface area contributed by atoms with Crippen LogP contribution in [0.1, 0.15) is 11.4 Å². The van der Waals surface area contributed by atoms with Gasteiger partial charge in [0, 0.05) is 49.0 Å². The van der Waals surface area contributed by atoms with Gasteiger partial charge in [-0.15, -0.1) is 5.10 Å². The first-order valence-electron chi connectivity index (χ1n) is 7.21. The normalized spacial score (nSPS) is 16.4. The predicted molar refractivity (Wildman–Crippen MR) is 92.4 cm³/mol. The lowest BCUT2D eigenvalue weighted by Gasteiger charge is -2.36. The van der Waals surface area contributed by atoms with E-state index in [-0.39, 0.29) is 0 Å². The Labute approximate surface area is 139 Å². The first-order chi connectivity index (χ1) is 10.1. The molecule has 2 heterocycles. The molecule has 3 rings (SSSR count). The van der Waals surface area contributed by atoms with Crippen molar-refractivity contribution in [2.75, 3.05) is 31.1 Å². The lowest BCUT2D eigenvalue weighted by Crippen LogP contribution is -2.46. The Kier molecular flexibility index (Phi) is 4.44. The van der Waals surface area contributed by atoms with E-state index in [2.05, 4.69) is 67.0 Å². The van der Waals surface area contributed by atoms with Crippen LogP contribution in [0.4, 0.5) is 5.69 Å². The number of nitrogens with zero attached hydrogens (tertiary/aromatic N) is 5. The van der Waals surface area contributed by atoms with Crippen molar-refractivity contribution in [1.82, 2.24) is 19.9 Å². The van der Waals surface area contributed by atoms with E-state index in [4.69, 9.17) is 0 Å². The van der Waals surface area contributed by atoms with Crippen molar-refractivity contribution in [3.63, 3.8) is 0 Å².